The topological polar surface area (TPSA) is 69.3 Å². The number of carbonyl (C=O) groups is 1. The molecule has 1 N–H and O–H groups in total. The summed E-state index contributed by atoms with van der Waals surface area (Å²) < 4.78 is 21.5. The minimum Gasteiger partial charge on any atom is -0.493 e. The van der Waals surface area contributed by atoms with Crippen molar-refractivity contribution in [3.05, 3.63) is 34.6 Å². The lowest BCUT2D eigenvalue weighted by Gasteiger charge is -2.18. The summed E-state index contributed by atoms with van der Waals surface area (Å²) in [5, 5.41) is 3.46. The molecule has 1 aromatic carbocycles. The minimum atomic E-state index is -0.786. The molecule has 1 aromatic rings. The predicted octanol–water partition coefficient (Wildman–Crippen LogP) is 2.60. The average Bonchev–Trinajstić information content (AvgIpc) is 2.95. The maximum Gasteiger partial charge on any atom is 0.334 e. The van der Waals surface area contributed by atoms with E-state index in [9.17, 15) is 4.79 Å². The molecule has 0 aliphatic carbocycles. The third-order valence-electron chi connectivity index (χ3n) is 3.94. The number of benzene rings is 1. The zero-order chi connectivity index (χ0) is 20.1. The number of carbonyl (C=O) groups excluding carboxylic acids is 1. The molecule has 148 valence electrons. The lowest BCUT2D eigenvalue weighted by atomic mass is 10.0. The molecule has 7 nitrogen and oxygen atoms in total. The fourth-order valence-electron chi connectivity index (χ4n) is 2.88. The molecule has 1 aliphatic heterocycles. The van der Waals surface area contributed by atoms with Gasteiger partial charge in [-0.1, -0.05) is 11.6 Å². The Morgan fingerprint density at radius 1 is 1.19 bits per heavy atom. The van der Waals surface area contributed by atoms with Gasteiger partial charge in [0.15, 0.2) is 17.5 Å². The van der Waals surface area contributed by atoms with Gasteiger partial charge in [0.1, 0.15) is 0 Å². The summed E-state index contributed by atoms with van der Waals surface area (Å²) in [6, 6.07) is 2.79. The highest BCUT2D eigenvalue weighted by molar-refractivity contribution is 6.36. The van der Waals surface area contributed by atoms with E-state index in [-0.39, 0.29) is 6.61 Å². The molecule has 0 amide bonds. The van der Waals surface area contributed by atoms with Crippen LogP contribution in [0.15, 0.2) is 29.1 Å². The number of rotatable bonds is 7. The Hall–Kier alpha value is -2.54. The molecule has 1 aliphatic rings. The molecule has 0 saturated heterocycles. The Kier molecular flexibility index (Phi) is 6.85. The molecule has 8 heteroatoms. The lowest BCUT2D eigenvalue weighted by molar-refractivity contribution is -0.144. The van der Waals surface area contributed by atoms with Gasteiger partial charge in [-0.2, -0.15) is 0 Å². The molecule has 1 unspecified atom stereocenters. The molecule has 0 fully saturated rings. The van der Waals surface area contributed by atoms with Gasteiger partial charge in [-0.05, 0) is 19.1 Å². The van der Waals surface area contributed by atoms with Crippen LogP contribution in [0, 0.1) is 0 Å². The highest BCUT2D eigenvalue weighted by Gasteiger charge is 2.36. The molecule has 0 saturated carbocycles. The van der Waals surface area contributed by atoms with Crippen molar-refractivity contribution in [2.45, 2.75) is 13.0 Å². The first-order chi connectivity index (χ1) is 12.9. The van der Waals surface area contributed by atoms with Crippen LogP contribution in [-0.2, 0) is 9.53 Å². The van der Waals surface area contributed by atoms with Crippen LogP contribution in [0.2, 0.25) is 0 Å². The van der Waals surface area contributed by atoms with Crippen molar-refractivity contribution in [2.75, 3.05) is 42.0 Å². The lowest BCUT2D eigenvalue weighted by Crippen LogP contribution is -2.34. The number of nitrogens with zero attached hydrogens (tertiary/aromatic N) is 1. The summed E-state index contributed by atoms with van der Waals surface area (Å²) in [7, 11) is 8.38. The van der Waals surface area contributed by atoms with E-state index in [1.807, 2.05) is 31.3 Å². The van der Waals surface area contributed by atoms with Gasteiger partial charge in [-0.3, -0.25) is 0 Å². The maximum absolute atomic E-state index is 12.3. The van der Waals surface area contributed by atoms with E-state index in [4.69, 9.17) is 30.5 Å². The molecule has 1 atom stereocenters. The number of halogens is 1. The van der Waals surface area contributed by atoms with Crippen LogP contribution in [-0.4, -0.2) is 58.9 Å². The van der Waals surface area contributed by atoms with Gasteiger partial charge in [0.05, 0.1) is 38.7 Å². The van der Waals surface area contributed by atoms with E-state index in [1.165, 1.54) is 14.2 Å². The third-order valence-corrected chi connectivity index (χ3v) is 4.35. The standard InChI is InChI=1S/C19H25ClN2O5/c1-7-27-19(23)16-15(20)14(12(21-16)10-22(2)3)11-8-9-13(24-4)18(26-6)17(11)25-5/h8-10,16,21H,7H2,1-6H3. The first-order valence-electron chi connectivity index (χ1n) is 8.40. The largest absolute Gasteiger partial charge is 0.493 e. The number of hydrogen-bond acceptors (Lipinski definition) is 7. The fourth-order valence-corrected chi connectivity index (χ4v) is 3.23. The Balaban J connectivity index is 2.69. The van der Waals surface area contributed by atoms with Crippen LogP contribution in [0.1, 0.15) is 12.5 Å². The maximum atomic E-state index is 12.3. The van der Waals surface area contributed by atoms with Crippen molar-refractivity contribution in [3.8, 4) is 17.2 Å². The monoisotopic (exact) mass is 396 g/mol. The Bertz CT molecular complexity index is 774. The molecule has 0 bridgehead atoms. The Morgan fingerprint density at radius 3 is 2.37 bits per heavy atom. The average molecular weight is 397 g/mol. The van der Waals surface area contributed by atoms with Crippen molar-refractivity contribution in [2.24, 2.45) is 0 Å². The van der Waals surface area contributed by atoms with Crippen molar-refractivity contribution in [1.29, 1.82) is 0 Å². The summed E-state index contributed by atoms with van der Waals surface area (Å²) in [6.45, 7) is 2.02. The van der Waals surface area contributed by atoms with Gasteiger partial charge in [0.2, 0.25) is 5.75 Å². The molecule has 0 spiro atoms. The van der Waals surface area contributed by atoms with Crippen LogP contribution >= 0.6 is 11.6 Å². The summed E-state index contributed by atoms with van der Waals surface area (Å²) in [6.07, 6.45) is 1.84. The fraction of sp³-hybridized carbons (Fsp3) is 0.421. The second-order valence-corrected chi connectivity index (χ2v) is 6.35. The van der Waals surface area contributed by atoms with Crippen molar-refractivity contribution in [1.82, 2.24) is 10.2 Å². The van der Waals surface area contributed by atoms with E-state index in [1.54, 1.807) is 20.1 Å². The molecule has 0 radical (unpaired) electrons. The van der Waals surface area contributed by atoms with Gasteiger partial charge in [0, 0.05) is 31.4 Å². The number of hydrogen-bond donors (Lipinski definition) is 1. The summed E-state index contributed by atoms with van der Waals surface area (Å²) in [5.41, 5.74) is 1.99. The summed E-state index contributed by atoms with van der Waals surface area (Å²) >= 11 is 6.62. The van der Waals surface area contributed by atoms with Gasteiger partial charge >= 0.3 is 5.97 Å². The van der Waals surface area contributed by atoms with Gasteiger partial charge < -0.3 is 29.2 Å². The van der Waals surface area contributed by atoms with E-state index in [0.29, 0.717) is 39.1 Å². The zero-order valence-corrected chi connectivity index (χ0v) is 17.1. The van der Waals surface area contributed by atoms with Crippen molar-refractivity contribution in [3.63, 3.8) is 0 Å². The first kappa shape index (κ1) is 20.8. The van der Waals surface area contributed by atoms with Gasteiger partial charge in [0.25, 0.3) is 0 Å². The SMILES string of the molecule is CCOC(=O)C1NC(=CN(C)C)C(c2ccc(OC)c(OC)c2OC)=C1Cl. The first-order valence-corrected chi connectivity index (χ1v) is 8.78. The van der Waals surface area contributed by atoms with Crippen LogP contribution < -0.4 is 19.5 Å². The Labute approximate surface area is 164 Å². The van der Waals surface area contributed by atoms with Crippen molar-refractivity contribution >= 4 is 23.1 Å². The Morgan fingerprint density at radius 2 is 1.85 bits per heavy atom. The molecule has 0 aromatic heterocycles. The second-order valence-electron chi connectivity index (χ2n) is 5.94. The van der Waals surface area contributed by atoms with Gasteiger partial charge in [-0.15, -0.1) is 0 Å². The number of nitrogens with one attached hydrogen (secondary N) is 1. The number of allylic oxidation sites excluding steroid dienone is 1. The minimum absolute atomic E-state index is 0.267. The van der Waals surface area contributed by atoms with Crippen LogP contribution in [0.3, 0.4) is 0 Å². The van der Waals surface area contributed by atoms with E-state index in [2.05, 4.69) is 5.32 Å². The molecular weight excluding hydrogens is 372 g/mol. The van der Waals surface area contributed by atoms with E-state index >= 15 is 0 Å². The molecule has 1 heterocycles. The highest BCUT2D eigenvalue weighted by atomic mass is 35.5. The second kappa shape index (κ2) is 8.90. The van der Waals surface area contributed by atoms with Crippen LogP contribution in [0.5, 0.6) is 17.2 Å². The normalized spacial score (nSPS) is 17.6. The van der Waals surface area contributed by atoms with Crippen LogP contribution in [0.4, 0.5) is 0 Å². The van der Waals surface area contributed by atoms with Gasteiger partial charge in [-0.25, -0.2) is 4.79 Å². The highest BCUT2D eigenvalue weighted by Crippen LogP contribution is 2.47. The smallest absolute Gasteiger partial charge is 0.334 e. The summed E-state index contributed by atoms with van der Waals surface area (Å²) in [4.78, 5) is 14.2. The van der Waals surface area contributed by atoms with E-state index in [0.717, 1.165) is 0 Å². The zero-order valence-electron chi connectivity index (χ0n) is 16.4. The third kappa shape index (κ3) is 4.08. The molecule has 2 rings (SSSR count). The predicted molar refractivity (Wildman–Crippen MR) is 104 cm³/mol. The van der Waals surface area contributed by atoms with Crippen LogP contribution in [0.25, 0.3) is 5.57 Å². The molecule has 27 heavy (non-hydrogen) atoms. The van der Waals surface area contributed by atoms with E-state index < -0.39 is 12.0 Å². The number of methoxy groups -OCH3 is 3. The quantitative estimate of drug-likeness (QED) is 0.710. The van der Waals surface area contributed by atoms with Crippen molar-refractivity contribution < 1.29 is 23.7 Å². The molecular formula is C19H25ClN2O5. The number of ether oxygens (including phenoxy) is 4. The summed E-state index contributed by atoms with van der Waals surface area (Å²) in [5.74, 6) is 0.988. The number of esters is 1.